The third-order valence-electron chi connectivity index (χ3n) is 2.43. The molecule has 0 aromatic carbocycles. The minimum atomic E-state index is -0.0849. The summed E-state index contributed by atoms with van der Waals surface area (Å²) < 4.78 is 0. The number of rotatable bonds is 6. The smallest absolute Gasteiger partial charge is 0.270 e. The summed E-state index contributed by atoms with van der Waals surface area (Å²) in [5.41, 5.74) is 0.536. The van der Waals surface area contributed by atoms with Crippen LogP contribution < -0.4 is 10.6 Å². The molecule has 0 fully saturated rings. The molecule has 1 aromatic rings. The number of hydrogen-bond donors (Lipinski definition) is 2. The van der Waals surface area contributed by atoms with E-state index in [9.17, 15) is 4.79 Å². The second kappa shape index (κ2) is 6.71. The molecule has 5 heteroatoms. The summed E-state index contributed by atoms with van der Waals surface area (Å²) in [6.45, 7) is 6.93. The maximum Gasteiger partial charge on any atom is 0.270 e. The first kappa shape index (κ1) is 14.1. The van der Waals surface area contributed by atoms with Crippen LogP contribution in [-0.2, 0) is 6.42 Å². The van der Waals surface area contributed by atoms with Crippen LogP contribution in [-0.4, -0.2) is 30.5 Å². The Morgan fingerprint density at radius 1 is 1.47 bits per heavy atom. The molecule has 17 heavy (non-hydrogen) atoms. The number of hydrogen-bond acceptors (Lipinski definition) is 4. The number of amides is 1. The molecule has 1 rings (SSSR count). The van der Waals surface area contributed by atoms with Gasteiger partial charge in [-0.05, 0) is 19.9 Å². The molecular formula is C12H21N3OS. The van der Waals surface area contributed by atoms with Crippen LogP contribution in [0.1, 0.15) is 36.3 Å². The van der Waals surface area contributed by atoms with E-state index >= 15 is 0 Å². The predicted octanol–water partition coefficient (Wildman–Crippen LogP) is 1.68. The highest BCUT2D eigenvalue weighted by Gasteiger charge is 2.11. The highest BCUT2D eigenvalue weighted by atomic mass is 32.1. The standard InChI is InChI=1S/C12H21N3OS/c1-8(2)5-11-15-10(7-17-11)12(16)14-6-9(3)13-4/h7-9,13H,5-6H2,1-4H3,(H,14,16). The van der Waals surface area contributed by atoms with Crippen molar-refractivity contribution in [2.45, 2.75) is 33.2 Å². The zero-order valence-corrected chi connectivity index (χ0v) is 11.7. The van der Waals surface area contributed by atoms with Crippen molar-refractivity contribution >= 4 is 17.2 Å². The third kappa shape index (κ3) is 4.83. The molecule has 0 saturated carbocycles. The fourth-order valence-corrected chi connectivity index (χ4v) is 2.28. The predicted molar refractivity (Wildman–Crippen MR) is 71.5 cm³/mol. The van der Waals surface area contributed by atoms with E-state index in [4.69, 9.17) is 0 Å². The fraction of sp³-hybridized carbons (Fsp3) is 0.667. The van der Waals surface area contributed by atoms with Crippen LogP contribution in [0.25, 0.3) is 0 Å². The van der Waals surface area contributed by atoms with Gasteiger partial charge in [0.15, 0.2) is 0 Å². The van der Waals surface area contributed by atoms with Gasteiger partial charge < -0.3 is 10.6 Å². The lowest BCUT2D eigenvalue weighted by atomic mass is 10.1. The van der Waals surface area contributed by atoms with Gasteiger partial charge in [-0.15, -0.1) is 11.3 Å². The molecule has 0 spiro atoms. The minimum Gasteiger partial charge on any atom is -0.349 e. The van der Waals surface area contributed by atoms with Crippen molar-refractivity contribution in [2.24, 2.45) is 5.92 Å². The molecule has 0 aliphatic heterocycles. The van der Waals surface area contributed by atoms with Crippen LogP contribution in [0.3, 0.4) is 0 Å². The van der Waals surface area contributed by atoms with Crippen LogP contribution in [0, 0.1) is 5.92 Å². The monoisotopic (exact) mass is 255 g/mol. The van der Waals surface area contributed by atoms with Gasteiger partial charge in [0.05, 0.1) is 5.01 Å². The first-order chi connectivity index (χ1) is 8.02. The summed E-state index contributed by atoms with van der Waals surface area (Å²) in [4.78, 5) is 16.1. The Bertz CT molecular complexity index is 362. The van der Waals surface area contributed by atoms with Crippen molar-refractivity contribution in [1.29, 1.82) is 0 Å². The first-order valence-corrected chi connectivity index (χ1v) is 6.80. The Morgan fingerprint density at radius 2 is 2.18 bits per heavy atom. The van der Waals surface area contributed by atoms with Crippen molar-refractivity contribution in [3.63, 3.8) is 0 Å². The van der Waals surface area contributed by atoms with E-state index in [1.165, 1.54) is 0 Å². The van der Waals surface area contributed by atoms with Gasteiger partial charge in [0.2, 0.25) is 0 Å². The quantitative estimate of drug-likeness (QED) is 0.813. The number of nitrogens with one attached hydrogen (secondary N) is 2. The van der Waals surface area contributed by atoms with Gasteiger partial charge in [-0.2, -0.15) is 0 Å². The molecule has 1 aromatic heterocycles. The molecule has 0 aliphatic carbocycles. The van der Waals surface area contributed by atoms with Crippen LogP contribution in [0.5, 0.6) is 0 Å². The summed E-state index contributed by atoms with van der Waals surface area (Å²) >= 11 is 1.56. The average molecular weight is 255 g/mol. The van der Waals surface area contributed by atoms with Crippen molar-refractivity contribution in [1.82, 2.24) is 15.6 Å². The average Bonchev–Trinajstić information content (AvgIpc) is 2.72. The molecule has 1 amide bonds. The lowest BCUT2D eigenvalue weighted by Crippen LogP contribution is -2.37. The van der Waals surface area contributed by atoms with E-state index in [0.717, 1.165) is 11.4 Å². The Morgan fingerprint density at radius 3 is 2.76 bits per heavy atom. The zero-order valence-electron chi connectivity index (χ0n) is 10.9. The summed E-state index contributed by atoms with van der Waals surface area (Å²) in [5.74, 6) is 0.486. The number of nitrogens with zero attached hydrogens (tertiary/aromatic N) is 1. The highest BCUT2D eigenvalue weighted by molar-refractivity contribution is 7.09. The van der Waals surface area contributed by atoms with Crippen molar-refractivity contribution < 1.29 is 4.79 Å². The van der Waals surface area contributed by atoms with Gasteiger partial charge in [-0.3, -0.25) is 4.79 Å². The van der Waals surface area contributed by atoms with E-state index in [-0.39, 0.29) is 11.9 Å². The molecule has 1 atom stereocenters. The van der Waals surface area contributed by atoms with Crippen LogP contribution >= 0.6 is 11.3 Å². The Labute approximate surface area is 107 Å². The third-order valence-corrected chi connectivity index (χ3v) is 3.30. The van der Waals surface area contributed by atoms with Gasteiger partial charge in [-0.1, -0.05) is 13.8 Å². The summed E-state index contributed by atoms with van der Waals surface area (Å²) in [5, 5.41) is 8.79. The number of carbonyl (C=O) groups is 1. The Kier molecular flexibility index (Phi) is 5.58. The van der Waals surface area contributed by atoms with Crippen LogP contribution in [0.15, 0.2) is 5.38 Å². The molecule has 2 N–H and O–H groups in total. The Hall–Kier alpha value is -0.940. The molecule has 0 radical (unpaired) electrons. The molecule has 0 bridgehead atoms. The number of aromatic nitrogens is 1. The van der Waals surface area contributed by atoms with Crippen molar-refractivity contribution in [2.75, 3.05) is 13.6 Å². The molecular weight excluding hydrogens is 234 g/mol. The van der Waals surface area contributed by atoms with Crippen LogP contribution in [0.2, 0.25) is 0 Å². The SMILES string of the molecule is CNC(C)CNC(=O)c1csc(CC(C)C)n1. The number of carbonyl (C=O) groups excluding carboxylic acids is 1. The van der Waals surface area contributed by atoms with Crippen molar-refractivity contribution in [3.8, 4) is 0 Å². The highest BCUT2D eigenvalue weighted by Crippen LogP contribution is 2.14. The number of thiazole rings is 1. The Balaban J connectivity index is 2.49. The first-order valence-electron chi connectivity index (χ1n) is 5.92. The van der Waals surface area contributed by atoms with Gasteiger partial charge in [0.25, 0.3) is 5.91 Å². The maximum absolute atomic E-state index is 11.8. The molecule has 1 unspecified atom stereocenters. The van der Waals surface area contributed by atoms with Crippen LogP contribution in [0.4, 0.5) is 0 Å². The van der Waals surface area contributed by atoms with E-state index in [2.05, 4.69) is 29.5 Å². The molecule has 1 heterocycles. The minimum absolute atomic E-state index is 0.0849. The van der Waals surface area contributed by atoms with E-state index in [1.54, 1.807) is 11.3 Å². The topological polar surface area (TPSA) is 54.0 Å². The van der Waals surface area contributed by atoms with Crippen molar-refractivity contribution in [3.05, 3.63) is 16.1 Å². The second-order valence-corrected chi connectivity index (χ2v) is 5.57. The fourth-order valence-electron chi connectivity index (χ4n) is 1.30. The summed E-state index contributed by atoms with van der Waals surface area (Å²) in [6.07, 6.45) is 0.935. The van der Waals surface area contributed by atoms with E-state index in [0.29, 0.717) is 18.2 Å². The number of likely N-dealkylation sites (N-methyl/N-ethyl adjacent to an activating group) is 1. The van der Waals surface area contributed by atoms with E-state index < -0.39 is 0 Å². The normalized spacial score (nSPS) is 12.8. The summed E-state index contributed by atoms with van der Waals surface area (Å²) in [6, 6.07) is 0.271. The lowest BCUT2D eigenvalue weighted by molar-refractivity contribution is 0.0946. The van der Waals surface area contributed by atoms with E-state index in [1.807, 2.05) is 19.4 Å². The molecule has 4 nitrogen and oxygen atoms in total. The lowest BCUT2D eigenvalue weighted by Gasteiger charge is -2.10. The maximum atomic E-state index is 11.8. The second-order valence-electron chi connectivity index (χ2n) is 4.62. The van der Waals surface area contributed by atoms with Gasteiger partial charge in [0, 0.05) is 24.4 Å². The molecule has 0 saturated heterocycles. The van der Waals surface area contributed by atoms with Gasteiger partial charge in [-0.25, -0.2) is 4.98 Å². The largest absolute Gasteiger partial charge is 0.349 e. The zero-order chi connectivity index (χ0) is 12.8. The summed E-state index contributed by atoms with van der Waals surface area (Å²) in [7, 11) is 1.88. The van der Waals surface area contributed by atoms with Gasteiger partial charge >= 0.3 is 0 Å². The molecule has 96 valence electrons. The molecule has 0 aliphatic rings. The van der Waals surface area contributed by atoms with Gasteiger partial charge in [0.1, 0.15) is 5.69 Å².